The molecule has 1 aliphatic rings. The number of halogens is 1. The van der Waals surface area contributed by atoms with Crippen LogP contribution in [0.25, 0.3) is 11.3 Å². The maximum atomic E-state index is 12.7. The molecule has 0 unspecified atom stereocenters. The van der Waals surface area contributed by atoms with Gasteiger partial charge in [-0.25, -0.2) is 0 Å². The Kier molecular flexibility index (Phi) is 5.51. The van der Waals surface area contributed by atoms with E-state index in [9.17, 15) is 9.59 Å². The van der Waals surface area contributed by atoms with Crippen molar-refractivity contribution in [1.29, 1.82) is 0 Å². The summed E-state index contributed by atoms with van der Waals surface area (Å²) in [6.07, 6.45) is 3.40. The van der Waals surface area contributed by atoms with Crippen molar-refractivity contribution in [3.63, 3.8) is 0 Å². The van der Waals surface area contributed by atoms with Crippen LogP contribution in [0.15, 0.2) is 47.4 Å². The number of rotatable bonds is 4. The second-order valence-corrected chi connectivity index (χ2v) is 7.45. The van der Waals surface area contributed by atoms with E-state index in [0.717, 1.165) is 24.1 Å². The van der Waals surface area contributed by atoms with Crippen molar-refractivity contribution in [2.24, 2.45) is 0 Å². The molecule has 2 N–H and O–H groups in total. The number of nitrogens with zero attached hydrogens (tertiary/aromatic N) is 2. The SMILES string of the molecule is Cc1c(NC(=O)c2ccc(-c3cccc(Cl)c3)[nH]c2=O)cnn1C1CCOCC1. The van der Waals surface area contributed by atoms with Gasteiger partial charge in [0.05, 0.1) is 23.6 Å². The molecule has 29 heavy (non-hydrogen) atoms. The first kappa shape index (κ1) is 19.4. The Hall–Kier alpha value is -2.90. The summed E-state index contributed by atoms with van der Waals surface area (Å²) in [5.74, 6) is -0.474. The third-order valence-corrected chi connectivity index (χ3v) is 5.35. The number of hydrogen-bond acceptors (Lipinski definition) is 4. The predicted octanol–water partition coefficient (Wildman–Crippen LogP) is 3.80. The van der Waals surface area contributed by atoms with Crippen LogP contribution < -0.4 is 10.9 Å². The second-order valence-electron chi connectivity index (χ2n) is 7.01. The zero-order chi connectivity index (χ0) is 20.4. The Balaban J connectivity index is 1.53. The maximum absolute atomic E-state index is 12.7. The van der Waals surface area contributed by atoms with Crippen LogP contribution in [0, 0.1) is 6.92 Å². The van der Waals surface area contributed by atoms with Crippen LogP contribution in [0.4, 0.5) is 5.69 Å². The smallest absolute Gasteiger partial charge is 0.261 e. The minimum absolute atomic E-state index is 0.0361. The summed E-state index contributed by atoms with van der Waals surface area (Å²) in [4.78, 5) is 27.9. The van der Waals surface area contributed by atoms with Gasteiger partial charge in [-0.15, -0.1) is 0 Å². The lowest BCUT2D eigenvalue weighted by molar-refractivity contribution is 0.0657. The zero-order valence-corrected chi connectivity index (χ0v) is 16.7. The number of ether oxygens (including phenoxy) is 1. The van der Waals surface area contributed by atoms with Gasteiger partial charge in [0, 0.05) is 23.9 Å². The van der Waals surface area contributed by atoms with Crippen molar-refractivity contribution >= 4 is 23.2 Å². The monoisotopic (exact) mass is 412 g/mol. The summed E-state index contributed by atoms with van der Waals surface area (Å²) >= 11 is 6.01. The van der Waals surface area contributed by atoms with Gasteiger partial charge in [0.25, 0.3) is 11.5 Å². The van der Waals surface area contributed by atoms with Gasteiger partial charge in [0.15, 0.2) is 0 Å². The fourth-order valence-corrected chi connectivity index (χ4v) is 3.70. The number of carbonyl (C=O) groups excluding carboxylic acids is 1. The summed E-state index contributed by atoms with van der Waals surface area (Å²) in [7, 11) is 0. The van der Waals surface area contributed by atoms with Crippen molar-refractivity contribution in [3.05, 3.63) is 69.2 Å². The molecule has 0 spiro atoms. The standard InChI is InChI=1S/C21H21ClN4O3/c1-13-19(12-23-26(13)16-7-9-29-10-8-16)25-21(28)17-5-6-18(24-20(17)27)14-3-2-4-15(22)11-14/h2-6,11-12,16H,7-10H2,1H3,(H,24,27)(H,25,28). The topological polar surface area (TPSA) is 89.0 Å². The first-order valence-electron chi connectivity index (χ1n) is 9.45. The van der Waals surface area contributed by atoms with Crippen LogP contribution in [-0.2, 0) is 4.74 Å². The molecule has 0 saturated carbocycles. The molecule has 1 aromatic carbocycles. The average Bonchev–Trinajstić information content (AvgIpc) is 3.08. The second kappa shape index (κ2) is 8.23. The van der Waals surface area contributed by atoms with Crippen LogP contribution in [0.1, 0.15) is 34.9 Å². The third-order valence-electron chi connectivity index (χ3n) is 5.12. The minimum atomic E-state index is -0.474. The van der Waals surface area contributed by atoms with E-state index in [1.807, 2.05) is 17.7 Å². The van der Waals surface area contributed by atoms with Gasteiger partial charge in [-0.3, -0.25) is 14.3 Å². The average molecular weight is 413 g/mol. The summed E-state index contributed by atoms with van der Waals surface area (Å²) in [6.45, 7) is 3.32. The Labute approximate surface area is 172 Å². The first-order valence-corrected chi connectivity index (χ1v) is 9.83. The molecular formula is C21H21ClN4O3. The molecule has 8 heteroatoms. The number of amides is 1. The molecule has 1 fully saturated rings. The summed E-state index contributed by atoms with van der Waals surface area (Å²) in [5, 5.41) is 7.79. The molecule has 1 saturated heterocycles. The normalized spacial score (nSPS) is 14.7. The number of hydrogen-bond donors (Lipinski definition) is 2. The number of benzene rings is 1. The molecule has 1 aliphatic heterocycles. The van der Waals surface area contributed by atoms with E-state index in [2.05, 4.69) is 15.4 Å². The highest BCUT2D eigenvalue weighted by Crippen LogP contribution is 2.25. The summed E-state index contributed by atoms with van der Waals surface area (Å²) in [5.41, 5.74) is 2.40. The van der Waals surface area contributed by atoms with Crippen LogP contribution in [-0.4, -0.2) is 33.9 Å². The third kappa shape index (κ3) is 4.11. The lowest BCUT2D eigenvalue weighted by atomic mass is 10.1. The molecule has 0 bridgehead atoms. The molecule has 4 rings (SSSR count). The minimum Gasteiger partial charge on any atom is -0.381 e. The highest BCUT2D eigenvalue weighted by Gasteiger charge is 2.21. The van der Waals surface area contributed by atoms with Gasteiger partial charge in [0.1, 0.15) is 5.56 Å². The van der Waals surface area contributed by atoms with Gasteiger partial charge >= 0.3 is 0 Å². The summed E-state index contributed by atoms with van der Waals surface area (Å²) in [6, 6.07) is 10.6. The van der Waals surface area contributed by atoms with E-state index in [4.69, 9.17) is 16.3 Å². The van der Waals surface area contributed by atoms with Crippen molar-refractivity contribution in [1.82, 2.24) is 14.8 Å². The fraction of sp³-hybridized carbons (Fsp3) is 0.286. The number of anilines is 1. The Morgan fingerprint density at radius 1 is 1.28 bits per heavy atom. The van der Waals surface area contributed by atoms with E-state index in [1.54, 1.807) is 30.5 Å². The molecule has 3 heterocycles. The molecular weight excluding hydrogens is 392 g/mol. The van der Waals surface area contributed by atoms with E-state index in [1.165, 1.54) is 6.07 Å². The Bertz CT molecular complexity index is 1100. The number of carbonyl (C=O) groups is 1. The number of pyridine rings is 1. The first-order chi connectivity index (χ1) is 14.0. The molecule has 1 amide bonds. The highest BCUT2D eigenvalue weighted by atomic mass is 35.5. The molecule has 3 aromatic rings. The van der Waals surface area contributed by atoms with Gasteiger partial charge in [-0.2, -0.15) is 5.10 Å². The summed E-state index contributed by atoms with van der Waals surface area (Å²) < 4.78 is 7.32. The predicted molar refractivity (Wildman–Crippen MR) is 112 cm³/mol. The van der Waals surface area contributed by atoms with Gasteiger partial charge < -0.3 is 15.0 Å². The largest absolute Gasteiger partial charge is 0.381 e. The van der Waals surface area contributed by atoms with Gasteiger partial charge in [-0.05, 0) is 49.6 Å². The van der Waals surface area contributed by atoms with Gasteiger partial charge in [-0.1, -0.05) is 23.7 Å². The lowest BCUT2D eigenvalue weighted by Crippen LogP contribution is -2.24. The molecule has 150 valence electrons. The van der Waals surface area contributed by atoms with Crippen LogP contribution in [0.3, 0.4) is 0 Å². The van der Waals surface area contributed by atoms with E-state index < -0.39 is 11.5 Å². The van der Waals surface area contributed by atoms with Crippen LogP contribution >= 0.6 is 11.6 Å². The molecule has 0 aliphatic carbocycles. The van der Waals surface area contributed by atoms with Gasteiger partial charge in [0.2, 0.25) is 0 Å². The maximum Gasteiger partial charge on any atom is 0.261 e. The number of aromatic amines is 1. The fourth-order valence-electron chi connectivity index (χ4n) is 3.51. The van der Waals surface area contributed by atoms with E-state index >= 15 is 0 Å². The van der Waals surface area contributed by atoms with Crippen molar-refractivity contribution in [2.75, 3.05) is 18.5 Å². The van der Waals surface area contributed by atoms with Crippen molar-refractivity contribution in [3.8, 4) is 11.3 Å². The van der Waals surface area contributed by atoms with Crippen molar-refractivity contribution < 1.29 is 9.53 Å². The number of aromatic nitrogens is 3. The number of nitrogens with one attached hydrogen (secondary N) is 2. The highest BCUT2D eigenvalue weighted by molar-refractivity contribution is 6.30. The molecule has 0 atom stereocenters. The van der Waals surface area contributed by atoms with Crippen LogP contribution in [0.2, 0.25) is 5.02 Å². The zero-order valence-electron chi connectivity index (χ0n) is 15.9. The quantitative estimate of drug-likeness (QED) is 0.682. The Morgan fingerprint density at radius 2 is 2.07 bits per heavy atom. The van der Waals surface area contributed by atoms with Crippen molar-refractivity contribution in [2.45, 2.75) is 25.8 Å². The number of H-pyrrole nitrogens is 1. The van der Waals surface area contributed by atoms with Crippen LogP contribution in [0.5, 0.6) is 0 Å². The lowest BCUT2D eigenvalue weighted by Gasteiger charge is -2.23. The van der Waals surface area contributed by atoms with E-state index in [-0.39, 0.29) is 11.6 Å². The molecule has 7 nitrogen and oxygen atoms in total. The Morgan fingerprint density at radius 3 is 2.79 bits per heavy atom. The molecule has 2 aromatic heterocycles. The van der Waals surface area contributed by atoms with E-state index in [0.29, 0.717) is 29.6 Å². The molecule has 0 radical (unpaired) electrons.